The number of nitrogens with zero attached hydrogens (tertiary/aromatic N) is 1. The summed E-state index contributed by atoms with van der Waals surface area (Å²) >= 11 is 0. The Morgan fingerprint density at radius 3 is 2.76 bits per heavy atom. The second-order valence-corrected chi connectivity index (χ2v) is 3.93. The molecule has 2 rings (SSSR count). The summed E-state index contributed by atoms with van der Waals surface area (Å²) in [6.07, 6.45) is 0. The molecule has 1 aliphatic heterocycles. The van der Waals surface area contributed by atoms with Crippen LogP contribution in [-0.4, -0.2) is 49.2 Å². The van der Waals surface area contributed by atoms with E-state index in [0.29, 0.717) is 24.4 Å². The molecule has 0 unspecified atom stereocenters. The van der Waals surface area contributed by atoms with Gasteiger partial charge < -0.3 is 20.1 Å². The molecule has 92 valence electrons. The number of piperazine rings is 1. The van der Waals surface area contributed by atoms with Crippen LogP contribution < -0.4 is 10.1 Å². The second kappa shape index (κ2) is 5.05. The predicted octanol–water partition coefficient (Wildman–Crippen LogP) is 0.446. The quantitative estimate of drug-likeness (QED) is 0.782. The Kier molecular flexibility index (Phi) is 3.49. The maximum absolute atomic E-state index is 12.1. The molecule has 2 N–H and O–H groups in total. The van der Waals surface area contributed by atoms with Crippen LogP contribution in [0.4, 0.5) is 0 Å². The van der Waals surface area contributed by atoms with Crippen molar-refractivity contribution in [2.24, 2.45) is 0 Å². The summed E-state index contributed by atoms with van der Waals surface area (Å²) in [6.45, 7) is 3.06. The minimum Gasteiger partial charge on any atom is -0.504 e. The fourth-order valence-electron chi connectivity index (χ4n) is 1.86. The van der Waals surface area contributed by atoms with Crippen molar-refractivity contribution >= 4 is 5.91 Å². The van der Waals surface area contributed by atoms with Gasteiger partial charge in [0.25, 0.3) is 5.91 Å². The van der Waals surface area contributed by atoms with Crippen LogP contribution in [0, 0.1) is 0 Å². The smallest absolute Gasteiger partial charge is 0.254 e. The molecule has 0 saturated carbocycles. The summed E-state index contributed by atoms with van der Waals surface area (Å²) in [4.78, 5) is 13.9. The molecule has 0 atom stereocenters. The lowest BCUT2D eigenvalue weighted by atomic mass is 10.1. The number of hydrogen-bond acceptors (Lipinski definition) is 4. The Morgan fingerprint density at radius 1 is 1.41 bits per heavy atom. The van der Waals surface area contributed by atoms with E-state index in [4.69, 9.17) is 4.74 Å². The van der Waals surface area contributed by atoms with Crippen LogP contribution in [0.1, 0.15) is 10.4 Å². The SMILES string of the molecule is COc1cc(C(=O)N2CCNCC2)ccc1O. The molecule has 17 heavy (non-hydrogen) atoms. The summed E-state index contributed by atoms with van der Waals surface area (Å²) in [7, 11) is 1.47. The minimum atomic E-state index is -0.0233. The van der Waals surface area contributed by atoms with Gasteiger partial charge in [0.05, 0.1) is 7.11 Å². The molecule has 1 saturated heterocycles. The van der Waals surface area contributed by atoms with Gasteiger partial charge in [-0.1, -0.05) is 0 Å². The van der Waals surface area contributed by atoms with Gasteiger partial charge in [-0.05, 0) is 18.2 Å². The van der Waals surface area contributed by atoms with Crippen LogP contribution in [0.25, 0.3) is 0 Å². The molecule has 1 heterocycles. The van der Waals surface area contributed by atoms with Crippen molar-refractivity contribution in [3.63, 3.8) is 0 Å². The molecular formula is C12H16N2O3. The van der Waals surface area contributed by atoms with Gasteiger partial charge in [0, 0.05) is 31.7 Å². The Bertz CT molecular complexity index is 414. The van der Waals surface area contributed by atoms with E-state index in [1.807, 2.05) is 0 Å². The van der Waals surface area contributed by atoms with E-state index < -0.39 is 0 Å². The number of phenols is 1. The highest BCUT2D eigenvalue weighted by atomic mass is 16.5. The zero-order chi connectivity index (χ0) is 12.3. The summed E-state index contributed by atoms with van der Waals surface area (Å²) in [5.41, 5.74) is 0.543. The van der Waals surface area contributed by atoms with E-state index in [9.17, 15) is 9.90 Å². The predicted molar refractivity (Wildman–Crippen MR) is 63.4 cm³/mol. The van der Waals surface area contributed by atoms with Crippen molar-refractivity contribution in [2.45, 2.75) is 0 Å². The maximum atomic E-state index is 12.1. The summed E-state index contributed by atoms with van der Waals surface area (Å²) in [5, 5.41) is 12.7. The molecule has 0 aromatic heterocycles. The molecule has 0 aliphatic carbocycles. The molecule has 1 aromatic rings. The molecular weight excluding hydrogens is 220 g/mol. The number of benzene rings is 1. The van der Waals surface area contributed by atoms with Crippen molar-refractivity contribution in [3.05, 3.63) is 23.8 Å². The van der Waals surface area contributed by atoms with Crippen LogP contribution in [-0.2, 0) is 0 Å². The Balaban J connectivity index is 2.18. The van der Waals surface area contributed by atoms with Gasteiger partial charge in [-0.3, -0.25) is 4.79 Å². The van der Waals surface area contributed by atoms with E-state index in [0.717, 1.165) is 13.1 Å². The van der Waals surface area contributed by atoms with Gasteiger partial charge in [-0.25, -0.2) is 0 Å². The van der Waals surface area contributed by atoms with E-state index in [2.05, 4.69) is 5.32 Å². The first-order chi connectivity index (χ1) is 8.22. The largest absolute Gasteiger partial charge is 0.504 e. The zero-order valence-electron chi connectivity index (χ0n) is 9.77. The standard InChI is InChI=1S/C12H16N2O3/c1-17-11-8-9(2-3-10(11)15)12(16)14-6-4-13-5-7-14/h2-3,8,13,15H,4-7H2,1H3. The van der Waals surface area contributed by atoms with Crippen molar-refractivity contribution in [1.82, 2.24) is 10.2 Å². The number of methoxy groups -OCH3 is 1. The molecule has 1 amide bonds. The molecule has 1 aliphatic rings. The molecule has 5 heteroatoms. The van der Waals surface area contributed by atoms with Crippen LogP contribution in [0.2, 0.25) is 0 Å². The number of rotatable bonds is 2. The highest BCUT2D eigenvalue weighted by Crippen LogP contribution is 2.26. The Morgan fingerprint density at radius 2 is 2.12 bits per heavy atom. The topological polar surface area (TPSA) is 61.8 Å². The zero-order valence-corrected chi connectivity index (χ0v) is 9.77. The summed E-state index contributed by atoms with van der Waals surface area (Å²) < 4.78 is 4.99. The normalized spacial score (nSPS) is 15.7. The van der Waals surface area contributed by atoms with Crippen molar-refractivity contribution in [1.29, 1.82) is 0 Å². The molecule has 5 nitrogen and oxygen atoms in total. The third kappa shape index (κ3) is 2.50. The first-order valence-electron chi connectivity index (χ1n) is 5.59. The maximum Gasteiger partial charge on any atom is 0.254 e. The van der Waals surface area contributed by atoms with Gasteiger partial charge in [-0.15, -0.1) is 0 Å². The fourth-order valence-corrected chi connectivity index (χ4v) is 1.86. The number of nitrogens with one attached hydrogen (secondary N) is 1. The molecule has 0 spiro atoms. The lowest BCUT2D eigenvalue weighted by Gasteiger charge is -2.27. The summed E-state index contributed by atoms with van der Waals surface area (Å²) in [5.74, 6) is 0.347. The first kappa shape index (κ1) is 11.7. The Hall–Kier alpha value is -1.75. The first-order valence-corrected chi connectivity index (χ1v) is 5.59. The summed E-state index contributed by atoms with van der Waals surface area (Å²) in [6, 6.07) is 4.66. The minimum absolute atomic E-state index is 0.0233. The average Bonchev–Trinajstić information content (AvgIpc) is 2.39. The van der Waals surface area contributed by atoms with Gasteiger partial charge in [0.1, 0.15) is 0 Å². The van der Waals surface area contributed by atoms with Crippen molar-refractivity contribution in [2.75, 3.05) is 33.3 Å². The average molecular weight is 236 g/mol. The number of amides is 1. The van der Waals surface area contributed by atoms with Gasteiger partial charge in [0.15, 0.2) is 11.5 Å². The van der Waals surface area contributed by atoms with E-state index in [-0.39, 0.29) is 11.7 Å². The fraction of sp³-hybridized carbons (Fsp3) is 0.417. The number of aromatic hydroxyl groups is 1. The van der Waals surface area contributed by atoms with Crippen LogP contribution >= 0.6 is 0 Å². The van der Waals surface area contributed by atoms with E-state index >= 15 is 0 Å². The molecule has 0 bridgehead atoms. The molecule has 1 aromatic carbocycles. The van der Waals surface area contributed by atoms with Gasteiger partial charge in [0.2, 0.25) is 0 Å². The number of ether oxygens (including phenoxy) is 1. The van der Waals surface area contributed by atoms with Gasteiger partial charge in [-0.2, -0.15) is 0 Å². The third-order valence-electron chi connectivity index (χ3n) is 2.83. The van der Waals surface area contributed by atoms with Crippen LogP contribution in [0.5, 0.6) is 11.5 Å². The third-order valence-corrected chi connectivity index (χ3v) is 2.83. The lowest BCUT2D eigenvalue weighted by Crippen LogP contribution is -2.46. The second-order valence-electron chi connectivity index (χ2n) is 3.93. The number of carbonyl (C=O) groups is 1. The number of phenolic OH excluding ortho intramolecular Hbond substituents is 1. The van der Waals surface area contributed by atoms with E-state index in [1.165, 1.54) is 13.2 Å². The van der Waals surface area contributed by atoms with Crippen LogP contribution in [0.15, 0.2) is 18.2 Å². The van der Waals surface area contributed by atoms with Crippen molar-refractivity contribution < 1.29 is 14.6 Å². The Labute approximate surface area is 100.0 Å². The van der Waals surface area contributed by atoms with Gasteiger partial charge >= 0.3 is 0 Å². The van der Waals surface area contributed by atoms with Crippen molar-refractivity contribution in [3.8, 4) is 11.5 Å². The molecule has 0 radical (unpaired) electrons. The monoisotopic (exact) mass is 236 g/mol. The lowest BCUT2D eigenvalue weighted by molar-refractivity contribution is 0.0735. The number of hydrogen-bond donors (Lipinski definition) is 2. The highest BCUT2D eigenvalue weighted by Gasteiger charge is 2.18. The van der Waals surface area contributed by atoms with E-state index in [1.54, 1.807) is 17.0 Å². The number of carbonyl (C=O) groups excluding carboxylic acids is 1. The molecule has 1 fully saturated rings. The van der Waals surface area contributed by atoms with Crippen LogP contribution in [0.3, 0.4) is 0 Å². The highest BCUT2D eigenvalue weighted by molar-refractivity contribution is 5.95.